The molecule has 0 saturated carbocycles. The molecule has 0 radical (unpaired) electrons. The monoisotopic (exact) mass is 210 g/mol. The van der Waals surface area contributed by atoms with Crippen LogP contribution in [0.1, 0.15) is 19.4 Å². The second-order valence-corrected chi connectivity index (χ2v) is 3.61. The Balaban J connectivity index is 2.78. The third-order valence-corrected chi connectivity index (χ3v) is 2.23. The van der Waals surface area contributed by atoms with Gasteiger partial charge in [0, 0.05) is 6.54 Å². The van der Waals surface area contributed by atoms with Crippen molar-refractivity contribution in [3.63, 3.8) is 0 Å². The Morgan fingerprint density at radius 1 is 1.40 bits per heavy atom. The number of hydrogen-bond acceptors (Lipinski definition) is 4. The van der Waals surface area contributed by atoms with E-state index in [0.29, 0.717) is 13.2 Å². The molecule has 0 heterocycles. The minimum atomic E-state index is -0.959. The molecule has 84 valence electrons. The van der Waals surface area contributed by atoms with Crippen LogP contribution in [0.15, 0.2) is 24.3 Å². The predicted molar refractivity (Wildman–Crippen MR) is 59.4 cm³/mol. The van der Waals surface area contributed by atoms with Gasteiger partial charge in [-0.2, -0.15) is 0 Å². The Labute approximate surface area is 90.0 Å². The standard InChI is InChI=1S/C11H18N2O2/c1-3-15-10-6-4-9(5-7-10)11(2,14)8-13-12/h4-7,13-14H,3,8,12H2,1-2H3. The Bertz CT molecular complexity index is 296. The summed E-state index contributed by atoms with van der Waals surface area (Å²) in [5, 5.41) is 10.0. The van der Waals surface area contributed by atoms with Crippen molar-refractivity contribution >= 4 is 0 Å². The first-order chi connectivity index (χ1) is 7.10. The molecule has 4 N–H and O–H groups in total. The van der Waals surface area contributed by atoms with Gasteiger partial charge in [-0.05, 0) is 31.5 Å². The van der Waals surface area contributed by atoms with Crippen molar-refractivity contribution < 1.29 is 9.84 Å². The zero-order chi connectivity index (χ0) is 11.3. The summed E-state index contributed by atoms with van der Waals surface area (Å²) in [7, 11) is 0. The van der Waals surface area contributed by atoms with Crippen LogP contribution in [0.3, 0.4) is 0 Å². The van der Waals surface area contributed by atoms with E-state index in [2.05, 4.69) is 5.43 Å². The van der Waals surface area contributed by atoms with E-state index < -0.39 is 5.60 Å². The molecule has 4 nitrogen and oxygen atoms in total. The van der Waals surface area contributed by atoms with Crippen LogP contribution in [0.25, 0.3) is 0 Å². The molecule has 0 aliphatic heterocycles. The van der Waals surface area contributed by atoms with E-state index in [9.17, 15) is 5.11 Å². The molecule has 0 saturated heterocycles. The van der Waals surface area contributed by atoms with Gasteiger partial charge in [0.25, 0.3) is 0 Å². The van der Waals surface area contributed by atoms with E-state index in [1.807, 2.05) is 31.2 Å². The minimum absolute atomic E-state index is 0.307. The second kappa shape index (κ2) is 5.11. The number of nitrogens with one attached hydrogen (secondary N) is 1. The fraction of sp³-hybridized carbons (Fsp3) is 0.455. The number of hydrogen-bond donors (Lipinski definition) is 3. The van der Waals surface area contributed by atoms with Gasteiger partial charge in [0.15, 0.2) is 0 Å². The van der Waals surface area contributed by atoms with E-state index >= 15 is 0 Å². The van der Waals surface area contributed by atoms with Gasteiger partial charge >= 0.3 is 0 Å². The first-order valence-electron chi connectivity index (χ1n) is 4.99. The third kappa shape index (κ3) is 3.20. The zero-order valence-electron chi connectivity index (χ0n) is 9.16. The van der Waals surface area contributed by atoms with Gasteiger partial charge in [0.1, 0.15) is 11.4 Å². The van der Waals surface area contributed by atoms with Crippen molar-refractivity contribution in [1.82, 2.24) is 5.43 Å². The molecule has 4 heteroatoms. The molecule has 1 aromatic carbocycles. The number of aliphatic hydroxyl groups is 1. The van der Waals surface area contributed by atoms with Gasteiger partial charge < -0.3 is 9.84 Å². The summed E-state index contributed by atoms with van der Waals surface area (Å²) in [6.45, 7) is 4.59. The van der Waals surface area contributed by atoms with E-state index in [4.69, 9.17) is 10.6 Å². The van der Waals surface area contributed by atoms with Gasteiger partial charge in [-0.3, -0.25) is 11.3 Å². The number of ether oxygens (including phenoxy) is 1. The summed E-state index contributed by atoms with van der Waals surface area (Å²) in [4.78, 5) is 0. The zero-order valence-corrected chi connectivity index (χ0v) is 9.16. The highest BCUT2D eigenvalue weighted by Gasteiger charge is 2.21. The molecule has 1 unspecified atom stereocenters. The summed E-state index contributed by atoms with van der Waals surface area (Å²) in [6, 6.07) is 7.35. The van der Waals surface area contributed by atoms with Crippen LogP contribution in [-0.4, -0.2) is 18.3 Å². The normalized spacial score (nSPS) is 14.7. The van der Waals surface area contributed by atoms with Crippen molar-refractivity contribution in [2.45, 2.75) is 19.4 Å². The first kappa shape index (κ1) is 12.0. The fourth-order valence-corrected chi connectivity index (χ4v) is 1.38. The molecule has 0 aromatic heterocycles. The summed E-state index contributed by atoms with van der Waals surface area (Å²) in [5.74, 6) is 6.00. The van der Waals surface area contributed by atoms with Crippen LogP contribution < -0.4 is 16.0 Å². The van der Waals surface area contributed by atoms with Crippen molar-refractivity contribution in [2.24, 2.45) is 5.84 Å². The van der Waals surface area contributed by atoms with Gasteiger partial charge in [-0.1, -0.05) is 12.1 Å². The highest BCUT2D eigenvalue weighted by atomic mass is 16.5. The van der Waals surface area contributed by atoms with Crippen LogP contribution in [0.5, 0.6) is 5.75 Å². The lowest BCUT2D eigenvalue weighted by atomic mass is 9.96. The molecule has 1 atom stereocenters. The van der Waals surface area contributed by atoms with Crippen molar-refractivity contribution in [3.05, 3.63) is 29.8 Å². The van der Waals surface area contributed by atoms with Crippen molar-refractivity contribution in [2.75, 3.05) is 13.2 Å². The predicted octanol–water partition coefficient (Wildman–Crippen LogP) is 0.756. The molecule has 0 fully saturated rings. The second-order valence-electron chi connectivity index (χ2n) is 3.61. The van der Waals surface area contributed by atoms with Crippen LogP contribution >= 0.6 is 0 Å². The summed E-state index contributed by atoms with van der Waals surface area (Å²) in [5.41, 5.74) is 2.32. The van der Waals surface area contributed by atoms with Gasteiger partial charge in [-0.15, -0.1) is 0 Å². The van der Waals surface area contributed by atoms with E-state index in [-0.39, 0.29) is 0 Å². The van der Waals surface area contributed by atoms with E-state index in [0.717, 1.165) is 11.3 Å². The number of rotatable bonds is 5. The maximum atomic E-state index is 10.0. The van der Waals surface area contributed by atoms with Crippen LogP contribution in [0.2, 0.25) is 0 Å². The van der Waals surface area contributed by atoms with Crippen LogP contribution in [-0.2, 0) is 5.60 Å². The fourth-order valence-electron chi connectivity index (χ4n) is 1.38. The Morgan fingerprint density at radius 3 is 2.47 bits per heavy atom. The van der Waals surface area contributed by atoms with Gasteiger partial charge in [0.2, 0.25) is 0 Å². The lowest BCUT2D eigenvalue weighted by Gasteiger charge is -2.23. The summed E-state index contributed by atoms with van der Waals surface area (Å²) < 4.78 is 5.31. The number of nitrogens with two attached hydrogens (primary N) is 1. The lowest BCUT2D eigenvalue weighted by Crippen LogP contribution is -2.38. The molecule has 15 heavy (non-hydrogen) atoms. The third-order valence-electron chi connectivity index (χ3n) is 2.23. The van der Waals surface area contributed by atoms with Crippen molar-refractivity contribution in [3.8, 4) is 5.75 Å². The quantitative estimate of drug-likeness (QED) is 0.495. The average Bonchev–Trinajstić information content (AvgIpc) is 2.19. The maximum Gasteiger partial charge on any atom is 0.119 e. The van der Waals surface area contributed by atoms with Crippen LogP contribution in [0, 0.1) is 0 Å². The number of hydrazine groups is 1. The molecule has 1 aromatic rings. The molecule has 0 aliphatic carbocycles. The lowest BCUT2D eigenvalue weighted by molar-refractivity contribution is 0.0572. The van der Waals surface area contributed by atoms with E-state index in [1.165, 1.54) is 0 Å². The maximum absolute atomic E-state index is 10.0. The molecular formula is C11H18N2O2. The average molecular weight is 210 g/mol. The Morgan fingerprint density at radius 2 is 2.00 bits per heavy atom. The largest absolute Gasteiger partial charge is 0.494 e. The van der Waals surface area contributed by atoms with Gasteiger partial charge in [-0.25, -0.2) is 0 Å². The molecule has 0 spiro atoms. The number of benzene rings is 1. The Hall–Kier alpha value is -1.10. The molecular weight excluding hydrogens is 192 g/mol. The molecule has 0 aliphatic rings. The van der Waals surface area contributed by atoms with Gasteiger partial charge in [0.05, 0.1) is 6.61 Å². The topological polar surface area (TPSA) is 67.5 Å². The van der Waals surface area contributed by atoms with E-state index in [1.54, 1.807) is 6.92 Å². The molecule has 1 rings (SSSR count). The highest BCUT2D eigenvalue weighted by molar-refractivity contribution is 5.30. The smallest absolute Gasteiger partial charge is 0.119 e. The van der Waals surface area contributed by atoms with Crippen LogP contribution in [0.4, 0.5) is 0 Å². The SMILES string of the molecule is CCOc1ccc(C(C)(O)CNN)cc1. The first-order valence-corrected chi connectivity index (χ1v) is 4.99. The summed E-state index contributed by atoms with van der Waals surface area (Å²) in [6.07, 6.45) is 0. The minimum Gasteiger partial charge on any atom is -0.494 e. The summed E-state index contributed by atoms with van der Waals surface area (Å²) >= 11 is 0. The Kier molecular flexibility index (Phi) is 4.08. The molecule has 0 amide bonds. The van der Waals surface area contributed by atoms with Crippen molar-refractivity contribution in [1.29, 1.82) is 0 Å². The highest BCUT2D eigenvalue weighted by Crippen LogP contribution is 2.22. The molecule has 0 bridgehead atoms.